The van der Waals surface area contributed by atoms with E-state index in [2.05, 4.69) is 34.4 Å². The van der Waals surface area contributed by atoms with E-state index in [9.17, 15) is 62.7 Å². The maximum Gasteiger partial charge on any atom is 1.00 e. The number of aliphatic hydroxyl groups is 2. The summed E-state index contributed by atoms with van der Waals surface area (Å²) in [7, 11) is -16.4. The van der Waals surface area contributed by atoms with Gasteiger partial charge in [0.2, 0.25) is 16.9 Å². The fourth-order valence-electron chi connectivity index (χ4n) is 4.51. The van der Waals surface area contributed by atoms with Crippen molar-refractivity contribution in [3.63, 3.8) is 0 Å². The van der Waals surface area contributed by atoms with Gasteiger partial charge in [-0.3, -0.25) is 37.3 Å². The monoisotopic (exact) mass is 891 g/mol. The summed E-state index contributed by atoms with van der Waals surface area (Å²) >= 11 is 0.726. The first-order chi connectivity index (χ1) is 25.3. The minimum absolute atomic E-state index is 0. The Hall–Kier alpha value is -1.97. The van der Waals surface area contributed by atoms with Crippen LogP contribution >= 0.6 is 35.2 Å². The predicted molar refractivity (Wildman–Crippen MR) is 185 cm³/mol. The first-order valence-electron chi connectivity index (χ1n) is 15.6. The average Bonchev–Trinajstić information content (AvgIpc) is 3.64. The molecule has 0 bridgehead atoms. The molecule has 11 N–H and O–H groups in total. The Bertz CT molecular complexity index is 1880. The number of fused-ring (bicyclic) bond motifs is 1. The van der Waals surface area contributed by atoms with Crippen molar-refractivity contribution in [3.8, 4) is 0 Å². The second kappa shape index (κ2) is 20.8. The number of nitrogen functional groups attached to an aromatic ring is 1. The van der Waals surface area contributed by atoms with E-state index in [1.165, 1.54) is 20.8 Å². The van der Waals surface area contributed by atoms with E-state index in [4.69, 9.17) is 24.6 Å². The standard InChI is InChI=1S/C25H40N7O19P3S.Na.H/c1-12(23(37)38)24(39)55-7-6-27-14(33)4-5-28-21(36)18(35)25(2,3)9-48-54(45,46)51-53(43,44)47-8-13-17(50-52(40,41)42)16(34)22(49-13)32-11-31-15-19(26)29-10-30-20(15)32;;/h10-13,16-18,22,34-35H,4-9H2,1-3H3,(H,27,33)(H,28,36)(H,37,38)(H,43,44)(H,45,46)(H2,26,29,30)(H2,40,41,42);;/q;+1;-1/t12?,13-,16-,17-,18+,22-;;/m1../s1. The van der Waals surface area contributed by atoms with Crippen LogP contribution in [0.5, 0.6) is 0 Å². The Morgan fingerprint density at radius 2 is 1.71 bits per heavy atom. The van der Waals surface area contributed by atoms with Gasteiger partial charge in [-0.1, -0.05) is 25.6 Å². The molecule has 56 heavy (non-hydrogen) atoms. The Balaban J connectivity index is 0.00000812. The summed E-state index contributed by atoms with van der Waals surface area (Å²) < 4.78 is 61.9. The van der Waals surface area contributed by atoms with E-state index in [-0.39, 0.29) is 73.2 Å². The molecule has 0 aliphatic carbocycles. The fourth-order valence-corrected chi connectivity index (χ4v) is 8.09. The Morgan fingerprint density at radius 1 is 1.07 bits per heavy atom. The Morgan fingerprint density at radius 3 is 2.34 bits per heavy atom. The average molecular weight is 892 g/mol. The molecule has 1 aliphatic rings. The maximum absolute atomic E-state index is 12.6. The summed E-state index contributed by atoms with van der Waals surface area (Å²) in [5, 5.41) is 34.3. The largest absolute Gasteiger partial charge is 1.00 e. The third-order valence-electron chi connectivity index (χ3n) is 7.47. The van der Waals surface area contributed by atoms with Crippen molar-refractivity contribution in [2.24, 2.45) is 11.3 Å². The van der Waals surface area contributed by atoms with Crippen LogP contribution in [0.3, 0.4) is 0 Å². The van der Waals surface area contributed by atoms with Crippen molar-refractivity contribution in [1.29, 1.82) is 0 Å². The van der Waals surface area contributed by atoms with Crippen molar-refractivity contribution >= 4 is 75.1 Å². The number of anilines is 1. The van der Waals surface area contributed by atoms with E-state index in [1.54, 1.807) is 0 Å². The topological polar surface area (TPSA) is 401 Å². The van der Waals surface area contributed by atoms with Crippen LogP contribution in [0.25, 0.3) is 11.2 Å². The molecule has 0 aromatic carbocycles. The number of thioether (sulfide) groups is 1. The van der Waals surface area contributed by atoms with E-state index in [0.29, 0.717) is 0 Å². The van der Waals surface area contributed by atoms with Gasteiger partial charge in [0.25, 0.3) is 0 Å². The van der Waals surface area contributed by atoms with Gasteiger partial charge in [-0.15, -0.1) is 0 Å². The molecule has 26 nitrogen and oxygen atoms in total. The number of rotatable bonds is 21. The van der Waals surface area contributed by atoms with Gasteiger partial charge in [0.05, 0.1) is 19.5 Å². The molecule has 0 radical (unpaired) electrons. The molecule has 1 aliphatic heterocycles. The third kappa shape index (κ3) is 14.7. The first kappa shape index (κ1) is 50.2. The maximum atomic E-state index is 12.6. The molecule has 3 unspecified atom stereocenters. The smallest absolute Gasteiger partial charge is 1.00 e. The number of nitrogens with one attached hydrogen (secondary N) is 2. The molecule has 0 saturated carbocycles. The Labute approximate surface area is 344 Å². The fraction of sp³-hybridized carbons (Fsp3) is 0.640. The van der Waals surface area contributed by atoms with Crippen LogP contribution in [0.2, 0.25) is 0 Å². The van der Waals surface area contributed by atoms with Gasteiger partial charge in [-0.25, -0.2) is 28.6 Å². The molecule has 3 heterocycles. The van der Waals surface area contributed by atoms with Gasteiger partial charge >= 0.3 is 59.0 Å². The molecular formula is C25H41N7NaO19P3S. The SMILES string of the molecule is CC(C(=O)O)C(=O)SCCNC(=O)CCNC(=O)[C@H](O)C(C)(C)COP(=O)(O)OP(=O)(O)OC[C@H]1O[C@@H](n2cnc3c(N)ncnc32)[C@H](O)[C@@H]1OP(=O)(O)O.[H-].[Na+]. The first-order valence-corrected chi connectivity index (χ1v) is 21.1. The number of aromatic nitrogens is 4. The van der Waals surface area contributed by atoms with Crippen LogP contribution in [0.1, 0.15) is 34.8 Å². The van der Waals surface area contributed by atoms with E-state index >= 15 is 0 Å². The van der Waals surface area contributed by atoms with Crippen molar-refractivity contribution in [2.75, 3.05) is 37.8 Å². The summed E-state index contributed by atoms with van der Waals surface area (Å²) in [6.07, 6.45) is -7.13. The summed E-state index contributed by atoms with van der Waals surface area (Å²) in [4.78, 5) is 97.8. The number of carboxylic acid groups (broad SMARTS) is 1. The van der Waals surface area contributed by atoms with Gasteiger partial charge in [0.1, 0.15) is 42.2 Å². The molecule has 1 fully saturated rings. The van der Waals surface area contributed by atoms with Crippen LogP contribution < -0.4 is 45.9 Å². The number of amides is 2. The molecule has 312 valence electrons. The molecule has 2 aromatic heterocycles. The van der Waals surface area contributed by atoms with Crippen LogP contribution in [0, 0.1) is 11.3 Å². The minimum Gasteiger partial charge on any atom is -1.00 e. The minimum atomic E-state index is -5.59. The van der Waals surface area contributed by atoms with Crippen molar-refractivity contribution in [3.05, 3.63) is 12.7 Å². The third-order valence-corrected chi connectivity index (χ3v) is 11.6. The number of ether oxygens (including phenoxy) is 1. The van der Waals surface area contributed by atoms with Crippen molar-refractivity contribution < 1.29 is 121 Å². The number of carboxylic acids is 1. The number of carbonyl (C=O) groups excluding carboxylic acids is 3. The summed E-state index contributed by atoms with van der Waals surface area (Å²) in [6.45, 7) is 1.35. The van der Waals surface area contributed by atoms with Crippen LogP contribution in [-0.2, 0) is 55.5 Å². The van der Waals surface area contributed by atoms with Crippen molar-refractivity contribution in [2.45, 2.75) is 57.8 Å². The normalized spacial score (nSPS) is 21.9. The second-order valence-electron chi connectivity index (χ2n) is 12.3. The molecule has 2 amide bonds. The van der Waals surface area contributed by atoms with E-state index in [0.717, 1.165) is 29.0 Å². The zero-order chi connectivity index (χ0) is 41.5. The molecule has 1 saturated heterocycles. The molecular weight excluding hydrogens is 850 g/mol. The number of phosphoric acid groups is 3. The van der Waals surface area contributed by atoms with Gasteiger partial charge in [-0.05, 0) is 6.92 Å². The van der Waals surface area contributed by atoms with Gasteiger partial charge in [-0.2, -0.15) is 4.31 Å². The zero-order valence-electron chi connectivity index (χ0n) is 31.0. The van der Waals surface area contributed by atoms with E-state index < -0.39 is 102 Å². The Kier molecular flexibility index (Phi) is 18.7. The van der Waals surface area contributed by atoms with Crippen LogP contribution in [0.4, 0.5) is 5.82 Å². The molecule has 31 heteroatoms. The zero-order valence-corrected chi connectivity index (χ0v) is 35.5. The number of aliphatic hydroxyl groups excluding tert-OH is 2. The van der Waals surface area contributed by atoms with Crippen LogP contribution in [-0.4, -0.2) is 134 Å². The number of imidazole rings is 1. The quantitative estimate of drug-likeness (QED) is 0.0244. The van der Waals surface area contributed by atoms with Gasteiger partial charge < -0.3 is 57.4 Å². The summed E-state index contributed by atoms with van der Waals surface area (Å²) in [5.74, 6) is -4.01. The number of nitrogens with zero attached hydrogens (tertiary/aromatic N) is 4. The number of carbonyl (C=O) groups is 4. The van der Waals surface area contributed by atoms with E-state index in [1.807, 2.05) is 0 Å². The molecule has 0 spiro atoms. The van der Waals surface area contributed by atoms with Gasteiger partial charge in [0, 0.05) is 30.7 Å². The number of hydrogen-bond donors (Lipinski definition) is 10. The number of aliphatic carboxylic acids is 1. The predicted octanol–water partition coefficient (Wildman–Crippen LogP) is -4.50. The molecule has 8 atom stereocenters. The second-order valence-corrected chi connectivity index (χ2v) is 17.6. The summed E-state index contributed by atoms with van der Waals surface area (Å²) in [5.41, 5.74) is 4.19. The van der Waals surface area contributed by atoms with Crippen LogP contribution in [0.15, 0.2) is 12.7 Å². The number of phosphoric ester groups is 3. The summed E-state index contributed by atoms with van der Waals surface area (Å²) in [6, 6.07) is 0. The van der Waals surface area contributed by atoms with Gasteiger partial charge in [0.15, 0.2) is 17.7 Å². The number of nitrogens with two attached hydrogens (primary N) is 1. The molecule has 3 rings (SSSR count). The number of hydrogen-bond acceptors (Lipinski definition) is 19. The van der Waals surface area contributed by atoms with Crippen molar-refractivity contribution in [1.82, 2.24) is 30.2 Å². The molecule has 2 aromatic rings.